The van der Waals surface area contributed by atoms with E-state index in [2.05, 4.69) is 5.32 Å². The van der Waals surface area contributed by atoms with Gasteiger partial charge in [-0.2, -0.15) is 0 Å². The SMILES string of the molecule is COc1cc(C)c(CCNC(=O)NN)c(OC)c1. The van der Waals surface area contributed by atoms with Crippen molar-refractivity contribution in [1.82, 2.24) is 10.7 Å². The molecule has 1 aromatic rings. The summed E-state index contributed by atoms with van der Waals surface area (Å²) in [5.41, 5.74) is 4.11. The van der Waals surface area contributed by atoms with Crippen molar-refractivity contribution >= 4 is 6.03 Å². The maximum Gasteiger partial charge on any atom is 0.328 e. The third kappa shape index (κ3) is 3.53. The molecule has 0 atom stereocenters. The Bertz CT molecular complexity index is 421. The van der Waals surface area contributed by atoms with Crippen LogP contribution in [0.15, 0.2) is 12.1 Å². The van der Waals surface area contributed by atoms with Gasteiger partial charge in [0.05, 0.1) is 14.2 Å². The quantitative estimate of drug-likeness (QED) is 0.410. The first kappa shape index (κ1) is 14.1. The molecule has 0 saturated heterocycles. The molecule has 0 saturated carbocycles. The van der Waals surface area contributed by atoms with E-state index in [9.17, 15) is 4.79 Å². The van der Waals surface area contributed by atoms with Crippen LogP contribution in [0.2, 0.25) is 0 Å². The van der Waals surface area contributed by atoms with Gasteiger partial charge >= 0.3 is 6.03 Å². The number of methoxy groups -OCH3 is 2. The summed E-state index contributed by atoms with van der Waals surface area (Å²) in [6.07, 6.45) is 0.659. The third-order valence-electron chi connectivity index (χ3n) is 2.65. The van der Waals surface area contributed by atoms with Gasteiger partial charge in [-0.3, -0.25) is 5.43 Å². The van der Waals surface area contributed by atoms with Crippen LogP contribution in [0, 0.1) is 6.92 Å². The Morgan fingerprint density at radius 1 is 1.33 bits per heavy atom. The number of carbonyl (C=O) groups excluding carboxylic acids is 1. The Balaban J connectivity index is 2.78. The van der Waals surface area contributed by atoms with Gasteiger partial charge in [-0.05, 0) is 30.5 Å². The Morgan fingerprint density at radius 2 is 2.06 bits per heavy atom. The van der Waals surface area contributed by atoms with Crippen LogP contribution in [0.5, 0.6) is 11.5 Å². The molecular weight excluding hydrogens is 234 g/mol. The van der Waals surface area contributed by atoms with E-state index in [-0.39, 0.29) is 0 Å². The fraction of sp³-hybridized carbons (Fsp3) is 0.417. The molecule has 0 spiro atoms. The molecule has 0 radical (unpaired) electrons. The molecule has 6 heteroatoms. The molecule has 0 aromatic heterocycles. The number of hydrogen-bond donors (Lipinski definition) is 3. The molecule has 4 N–H and O–H groups in total. The summed E-state index contributed by atoms with van der Waals surface area (Å²) in [6.45, 7) is 2.45. The van der Waals surface area contributed by atoms with Crippen molar-refractivity contribution in [3.63, 3.8) is 0 Å². The largest absolute Gasteiger partial charge is 0.497 e. The van der Waals surface area contributed by atoms with Crippen molar-refractivity contribution in [1.29, 1.82) is 0 Å². The summed E-state index contributed by atoms with van der Waals surface area (Å²) in [4.78, 5) is 10.9. The van der Waals surface area contributed by atoms with Crippen LogP contribution in [0.1, 0.15) is 11.1 Å². The van der Waals surface area contributed by atoms with Crippen molar-refractivity contribution in [2.45, 2.75) is 13.3 Å². The maximum atomic E-state index is 10.9. The van der Waals surface area contributed by atoms with Gasteiger partial charge in [0.2, 0.25) is 0 Å². The fourth-order valence-corrected chi connectivity index (χ4v) is 1.73. The molecule has 0 aliphatic rings. The summed E-state index contributed by atoms with van der Waals surface area (Å²) in [7, 11) is 3.22. The molecule has 0 bridgehead atoms. The smallest absolute Gasteiger partial charge is 0.328 e. The zero-order chi connectivity index (χ0) is 13.5. The Kier molecular flexibility index (Phi) is 5.26. The minimum atomic E-state index is -0.403. The van der Waals surface area contributed by atoms with Crippen molar-refractivity contribution in [3.8, 4) is 11.5 Å². The Hall–Kier alpha value is -1.95. The lowest BCUT2D eigenvalue weighted by molar-refractivity contribution is 0.241. The molecule has 6 nitrogen and oxygen atoms in total. The highest BCUT2D eigenvalue weighted by Crippen LogP contribution is 2.28. The van der Waals surface area contributed by atoms with Crippen LogP contribution in [0.4, 0.5) is 4.79 Å². The van der Waals surface area contributed by atoms with Gasteiger partial charge in [0.15, 0.2) is 0 Å². The number of rotatable bonds is 5. The van der Waals surface area contributed by atoms with Crippen LogP contribution < -0.4 is 26.1 Å². The molecule has 18 heavy (non-hydrogen) atoms. The van der Waals surface area contributed by atoms with Crippen molar-refractivity contribution in [2.24, 2.45) is 5.84 Å². The number of aryl methyl sites for hydroxylation is 1. The normalized spacial score (nSPS) is 9.78. The molecule has 100 valence electrons. The van der Waals surface area contributed by atoms with E-state index in [0.29, 0.717) is 13.0 Å². The monoisotopic (exact) mass is 253 g/mol. The fourth-order valence-electron chi connectivity index (χ4n) is 1.73. The lowest BCUT2D eigenvalue weighted by atomic mass is 10.0. The van der Waals surface area contributed by atoms with Crippen LogP contribution in [-0.4, -0.2) is 26.8 Å². The molecular formula is C12H19N3O3. The van der Waals surface area contributed by atoms with Gasteiger partial charge in [-0.1, -0.05) is 0 Å². The molecule has 1 aromatic carbocycles. The van der Waals surface area contributed by atoms with Gasteiger partial charge in [-0.15, -0.1) is 0 Å². The molecule has 2 amide bonds. The second-order valence-corrected chi connectivity index (χ2v) is 3.78. The van der Waals surface area contributed by atoms with Crippen molar-refractivity contribution in [3.05, 3.63) is 23.3 Å². The zero-order valence-corrected chi connectivity index (χ0v) is 10.9. The summed E-state index contributed by atoms with van der Waals surface area (Å²) < 4.78 is 10.5. The Morgan fingerprint density at radius 3 is 2.61 bits per heavy atom. The van der Waals surface area contributed by atoms with Gasteiger partial charge < -0.3 is 14.8 Å². The number of benzene rings is 1. The maximum absolute atomic E-state index is 10.9. The summed E-state index contributed by atoms with van der Waals surface area (Å²) in [5.74, 6) is 6.47. The number of ether oxygens (including phenoxy) is 2. The zero-order valence-electron chi connectivity index (χ0n) is 10.9. The van der Waals surface area contributed by atoms with Crippen molar-refractivity contribution < 1.29 is 14.3 Å². The van der Waals surface area contributed by atoms with E-state index in [4.69, 9.17) is 15.3 Å². The molecule has 0 heterocycles. The molecule has 0 aliphatic carbocycles. The number of hydrazine groups is 1. The predicted octanol–water partition coefficient (Wildman–Crippen LogP) is 0.728. The van der Waals surface area contributed by atoms with Gasteiger partial charge in [0, 0.05) is 12.6 Å². The molecule has 0 unspecified atom stereocenters. The first-order chi connectivity index (χ1) is 8.62. The first-order valence-electron chi connectivity index (χ1n) is 5.58. The number of carbonyl (C=O) groups is 1. The van der Waals surface area contributed by atoms with E-state index in [1.165, 1.54) is 0 Å². The van der Waals surface area contributed by atoms with E-state index in [1.807, 2.05) is 24.5 Å². The number of hydrogen-bond acceptors (Lipinski definition) is 4. The lowest BCUT2D eigenvalue weighted by Gasteiger charge is -2.14. The number of nitrogens with one attached hydrogen (secondary N) is 2. The van der Waals surface area contributed by atoms with Crippen molar-refractivity contribution in [2.75, 3.05) is 20.8 Å². The predicted molar refractivity (Wildman–Crippen MR) is 68.7 cm³/mol. The van der Waals surface area contributed by atoms with E-state index < -0.39 is 6.03 Å². The summed E-state index contributed by atoms with van der Waals surface area (Å²) >= 11 is 0. The standard InChI is InChI=1S/C12H19N3O3/c1-8-6-9(17-2)7-11(18-3)10(8)4-5-14-12(16)15-13/h6-7H,4-5,13H2,1-3H3,(H2,14,15,16). The van der Waals surface area contributed by atoms with Crippen LogP contribution in [0.3, 0.4) is 0 Å². The molecule has 0 aliphatic heterocycles. The average molecular weight is 253 g/mol. The Labute approximate surface area is 106 Å². The van der Waals surface area contributed by atoms with E-state index in [1.54, 1.807) is 14.2 Å². The van der Waals surface area contributed by atoms with Crippen LogP contribution in [0.25, 0.3) is 0 Å². The average Bonchev–Trinajstić information content (AvgIpc) is 2.39. The van der Waals surface area contributed by atoms with Crippen LogP contribution in [-0.2, 0) is 6.42 Å². The topological polar surface area (TPSA) is 85.6 Å². The van der Waals surface area contributed by atoms with Crippen LogP contribution >= 0.6 is 0 Å². The van der Waals surface area contributed by atoms with E-state index >= 15 is 0 Å². The van der Waals surface area contributed by atoms with E-state index in [0.717, 1.165) is 22.6 Å². The second-order valence-electron chi connectivity index (χ2n) is 3.78. The van der Waals surface area contributed by atoms with Gasteiger partial charge in [0.25, 0.3) is 0 Å². The highest BCUT2D eigenvalue weighted by atomic mass is 16.5. The number of urea groups is 1. The van der Waals surface area contributed by atoms with Gasteiger partial charge in [-0.25, -0.2) is 10.6 Å². The second kappa shape index (κ2) is 6.70. The minimum absolute atomic E-state index is 0.403. The lowest BCUT2D eigenvalue weighted by Crippen LogP contribution is -2.40. The summed E-state index contributed by atoms with van der Waals surface area (Å²) in [6, 6.07) is 3.35. The number of nitrogens with two attached hydrogens (primary N) is 1. The highest BCUT2D eigenvalue weighted by molar-refractivity contribution is 5.73. The minimum Gasteiger partial charge on any atom is -0.497 e. The third-order valence-corrected chi connectivity index (χ3v) is 2.65. The molecule has 0 fully saturated rings. The highest BCUT2D eigenvalue weighted by Gasteiger charge is 2.09. The summed E-state index contributed by atoms with van der Waals surface area (Å²) in [5, 5.41) is 2.63. The first-order valence-corrected chi connectivity index (χ1v) is 5.58. The van der Waals surface area contributed by atoms with Gasteiger partial charge in [0.1, 0.15) is 11.5 Å². The number of amides is 2. The molecule has 1 rings (SSSR count).